The van der Waals surface area contributed by atoms with Gasteiger partial charge in [-0.25, -0.2) is 0 Å². The number of ether oxygens (including phenoxy) is 1. The third-order valence-corrected chi connectivity index (χ3v) is 4.86. The number of benzene rings is 1. The molecule has 1 aromatic carbocycles. The Morgan fingerprint density at radius 2 is 1.82 bits per heavy atom. The summed E-state index contributed by atoms with van der Waals surface area (Å²) in [6, 6.07) is 10.7. The van der Waals surface area contributed by atoms with Crippen LogP contribution in [-0.2, 0) is 13.1 Å². The summed E-state index contributed by atoms with van der Waals surface area (Å²) in [5, 5.41) is 7.77. The van der Waals surface area contributed by atoms with Crippen LogP contribution in [0.4, 0.5) is 0 Å². The minimum absolute atomic E-state index is 0.374. The average molecular weight is 316 g/mol. The first-order chi connectivity index (χ1) is 10.8. The van der Waals surface area contributed by atoms with Gasteiger partial charge in [0.1, 0.15) is 11.9 Å². The van der Waals surface area contributed by atoms with Gasteiger partial charge in [-0.3, -0.25) is 0 Å². The highest BCUT2D eigenvalue weighted by Gasteiger charge is 2.17. The average Bonchev–Trinajstić information content (AvgIpc) is 3.05. The van der Waals surface area contributed by atoms with E-state index < -0.39 is 0 Å². The number of thiophene rings is 1. The Morgan fingerprint density at radius 1 is 1.09 bits per heavy atom. The van der Waals surface area contributed by atoms with Crippen molar-refractivity contribution in [3.05, 3.63) is 52.2 Å². The monoisotopic (exact) mass is 316 g/mol. The molecule has 1 fully saturated rings. The molecule has 118 valence electrons. The summed E-state index contributed by atoms with van der Waals surface area (Å²) in [5.41, 5.74) is 2.65. The van der Waals surface area contributed by atoms with E-state index in [-0.39, 0.29) is 0 Å². The van der Waals surface area contributed by atoms with Gasteiger partial charge in [-0.1, -0.05) is 12.1 Å². The number of nitrogens with zero attached hydrogens (tertiary/aromatic N) is 1. The van der Waals surface area contributed by atoms with Gasteiger partial charge in [-0.15, -0.1) is 0 Å². The fourth-order valence-corrected chi connectivity index (χ4v) is 3.39. The van der Waals surface area contributed by atoms with E-state index in [1.165, 1.54) is 11.1 Å². The van der Waals surface area contributed by atoms with E-state index >= 15 is 0 Å². The third-order valence-electron chi connectivity index (χ3n) is 4.13. The van der Waals surface area contributed by atoms with E-state index in [1.54, 1.807) is 11.3 Å². The molecular weight excluding hydrogens is 292 g/mol. The van der Waals surface area contributed by atoms with Crippen LogP contribution in [0.5, 0.6) is 5.75 Å². The molecule has 1 N–H and O–H groups in total. The molecule has 0 amide bonds. The second kappa shape index (κ2) is 7.77. The van der Waals surface area contributed by atoms with E-state index in [0.717, 1.165) is 44.8 Å². The summed E-state index contributed by atoms with van der Waals surface area (Å²) in [6.07, 6.45) is 2.62. The second-order valence-electron chi connectivity index (χ2n) is 6.00. The van der Waals surface area contributed by atoms with Crippen LogP contribution in [0.1, 0.15) is 24.0 Å². The van der Waals surface area contributed by atoms with E-state index in [4.69, 9.17) is 4.74 Å². The van der Waals surface area contributed by atoms with Crippen molar-refractivity contribution >= 4 is 11.3 Å². The lowest BCUT2D eigenvalue weighted by molar-refractivity contribution is 0.114. The van der Waals surface area contributed by atoms with Gasteiger partial charge >= 0.3 is 0 Å². The van der Waals surface area contributed by atoms with Crippen LogP contribution in [0.3, 0.4) is 0 Å². The Labute approximate surface area is 136 Å². The molecule has 1 aromatic heterocycles. The van der Waals surface area contributed by atoms with Crippen LogP contribution < -0.4 is 10.1 Å². The number of hydrogen-bond acceptors (Lipinski definition) is 4. The Balaban J connectivity index is 1.43. The zero-order valence-electron chi connectivity index (χ0n) is 13.1. The summed E-state index contributed by atoms with van der Waals surface area (Å²) in [5.74, 6) is 0.996. The van der Waals surface area contributed by atoms with Crippen LogP contribution in [0.25, 0.3) is 0 Å². The Hall–Kier alpha value is -1.36. The molecule has 0 aliphatic carbocycles. The van der Waals surface area contributed by atoms with E-state index in [2.05, 4.69) is 58.4 Å². The van der Waals surface area contributed by atoms with Crippen molar-refractivity contribution in [3.8, 4) is 5.75 Å². The van der Waals surface area contributed by atoms with Crippen molar-refractivity contribution in [2.45, 2.75) is 32.0 Å². The van der Waals surface area contributed by atoms with E-state index in [1.807, 2.05) is 0 Å². The smallest absolute Gasteiger partial charge is 0.119 e. The fraction of sp³-hybridized carbons (Fsp3) is 0.444. The molecule has 0 unspecified atom stereocenters. The number of rotatable bonds is 6. The maximum atomic E-state index is 6.08. The molecule has 4 heteroatoms. The van der Waals surface area contributed by atoms with Gasteiger partial charge in [0.25, 0.3) is 0 Å². The van der Waals surface area contributed by atoms with Gasteiger partial charge in [-0.05, 0) is 60.0 Å². The molecule has 22 heavy (non-hydrogen) atoms. The van der Waals surface area contributed by atoms with Crippen molar-refractivity contribution in [1.82, 2.24) is 10.2 Å². The summed E-state index contributed by atoms with van der Waals surface area (Å²) in [4.78, 5) is 2.36. The lowest BCUT2D eigenvalue weighted by Crippen LogP contribution is -2.35. The van der Waals surface area contributed by atoms with Crippen molar-refractivity contribution in [2.75, 3.05) is 20.1 Å². The lowest BCUT2D eigenvalue weighted by atomic mass is 10.1. The Kier molecular flexibility index (Phi) is 5.48. The SMILES string of the molecule is CN1CCC(Oc2ccc(CNCc3ccsc3)cc2)CC1. The fourth-order valence-electron chi connectivity index (χ4n) is 2.73. The number of likely N-dealkylation sites (tertiary alicyclic amines) is 1. The minimum Gasteiger partial charge on any atom is -0.490 e. The van der Waals surface area contributed by atoms with Crippen molar-refractivity contribution in [3.63, 3.8) is 0 Å². The topological polar surface area (TPSA) is 24.5 Å². The van der Waals surface area contributed by atoms with Crippen molar-refractivity contribution in [1.29, 1.82) is 0 Å². The molecule has 3 nitrogen and oxygen atoms in total. The van der Waals surface area contributed by atoms with Gasteiger partial charge in [0, 0.05) is 26.2 Å². The van der Waals surface area contributed by atoms with Gasteiger partial charge in [0.15, 0.2) is 0 Å². The van der Waals surface area contributed by atoms with Gasteiger partial charge in [0.05, 0.1) is 0 Å². The molecule has 0 radical (unpaired) electrons. The first-order valence-corrected chi connectivity index (χ1v) is 8.90. The number of nitrogens with one attached hydrogen (secondary N) is 1. The quantitative estimate of drug-likeness (QED) is 0.882. The minimum atomic E-state index is 0.374. The summed E-state index contributed by atoms with van der Waals surface area (Å²) in [7, 11) is 2.17. The molecule has 0 bridgehead atoms. The van der Waals surface area contributed by atoms with Crippen LogP contribution in [0, 0.1) is 0 Å². The zero-order chi connectivity index (χ0) is 15.2. The highest BCUT2D eigenvalue weighted by atomic mass is 32.1. The van der Waals surface area contributed by atoms with Crippen molar-refractivity contribution < 1.29 is 4.74 Å². The highest BCUT2D eigenvalue weighted by Crippen LogP contribution is 2.19. The maximum Gasteiger partial charge on any atom is 0.119 e. The van der Waals surface area contributed by atoms with Crippen LogP contribution in [0.15, 0.2) is 41.1 Å². The Bertz CT molecular complexity index is 545. The van der Waals surface area contributed by atoms with Crippen LogP contribution in [0.2, 0.25) is 0 Å². The maximum absolute atomic E-state index is 6.08. The standard InChI is InChI=1S/C18H24N2OS/c1-20-9-6-18(7-10-20)21-17-4-2-15(3-5-17)12-19-13-16-8-11-22-14-16/h2-5,8,11,14,18-19H,6-7,9-10,12-13H2,1H3. The molecule has 1 aliphatic heterocycles. The molecule has 1 aliphatic rings. The largest absolute Gasteiger partial charge is 0.490 e. The Morgan fingerprint density at radius 3 is 2.50 bits per heavy atom. The molecule has 0 spiro atoms. The molecule has 0 saturated carbocycles. The summed E-state index contributed by atoms with van der Waals surface area (Å²) >= 11 is 1.74. The van der Waals surface area contributed by atoms with Crippen molar-refractivity contribution in [2.24, 2.45) is 0 Å². The molecule has 3 rings (SSSR count). The molecular formula is C18H24N2OS. The molecule has 2 heterocycles. The highest BCUT2D eigenvalue weighted by molar-refractivity contribution is 7.07. The normalized spacial score (nSPS) is 16.8. The predicted octanol–water partition coefficient (Wildman–Crippen LogP) is 3.51. The van der Waals surface area contributed by atoms with Crippen LogP contribution >= 0.6 is 11.3 Å². The number of hydrogen-bond donors (Lipinski definition) is 1. The summed E-state index contributed by atoms with van der Waals surface area (Å²) in [6.45, 7) is 4.09. The lowest BCUT2D eigenvalue weighted by Gasteiger charge is -2.29. The summed E-state index contributed by atoms with van der Waals surface area (Å²) < 4.78 is 6.08. The molecule has 2 aromatic rings. The third kappa shape index (κ3) is 4.57. The van der Waals surface area contributed by atoms with Gasteiger partial charge < -0.3 is 15.0 Å². The number of piperidine rings is 1. The van der Waals surface area contributed by atoms with E-state index in [9.17, 15) is 0 Å². The molecule has 0 atom stereocenters. The predicted molar refractivity (Wildman–Crippen MR) is 92.5 cm³/mol. The van der Waals surface area contributed by atoms with Gasteiger partial charge in [0.2, 0.25) is 0 Å². The second-order valence-corrected chi connectivity index (χ2v) is 6.78. The van der Waals surface area contributed by atoms with E-state index in [0.29, 0.717) is 6.10 Å². The first-order valence-electron chi connectivity index (χ1n) is 7.95. The zero-order valence-corrected chi connectivity index (χ0v) is 13.9. The first kappa shape index (κ1) is 15.5. The molecule has 1 saturated heterocycles. The van der Waals surface area contributed by atoms with Gasteiger partial charge in [-0.2, -0.15) is 11.3 Å². The van der Waals surface area contributed by atoms with Crippen LogP contribution in [-0.4, -0.2) is 31.1 Å².